The van der Waals surface area contributed by atoms with E-state index in [9.17, 15) is 13.2 Å². The normalized spacial score (nSPS) is 20.8. The molecule has 1 saturated heterocycles. The van der Waals surface area contributed by atoms with Crippen LogP contribution in [-0.2, 0) is 14.9 Å². The van der Waals surface area contributed by atoms with Crippen LogP contribution in [-0.4, -0.2) is 51.4 Å². The molecule has 6 nitrogen and oxygen atoms in total. The van der Waals surface area contributed by atoms with Crippen molar-refractivity contribution >= 4 is 21.7 Å². The second-order valence-corrected chi connectivity index (χ2v) is 6.63. The van der Waals surface area contributed by atoms with Gasteiger partial charge in [-0.05, 0) is 12.1 Å². The molecule has 0 aliphatic carbocycles. The predicted molar refractivity (Wildman–Crippen MR) is 74.0 cm³/mol. The fourth-order valence-corrected chi connectivity index (χ4v) is 4.16. The number of hydrogen-bond donors (Lipinski definition) is 0. The summed E-state index contributed by atoms with van der Waals surface area (Å²) in [6.07, 6.45) is 0.223. The number of ketones is 1. The van der Waals surface area contributed by atoms with Crippen molar-refractivity contribution in [1.82, 2.24) is 4.31 Å². The molecule has 1 aromatic carbocycles. The quantitative estimate of drug-likeness (QED) is 0.804. The highest BCUT2D eigenvalue weighted by molar-refractivity contribution is 7.90. The summed E-state index contributed by atoms with van der Waals surface area (Å²) in [7, 11) is -3.59. The summed E-state index contributed by atoms with van der Waals surface area (Å²) in [4.78, 5) is 11.9. The maximum Gasteiger partial charge on any atom is 0.304 e. The Morgan fingerprint density at radius 2 is 1.75 bits per heavy atom. The van der Waals surface area contributed by atoms with Crippen LogP contribution in [0.2, 0.25) is 0 Å². The Balaban J connectivity index is 1.98. The van der Waals surface area contributed by atoms with Gasteiger partial charge in [-0.1, -0.05) is 12.1 Å². The van der Waals surface area contributed by atoms with E-state index in [0.717, 1.165) is 0 Å². The molecule has 7 heteroatoms. The first kappa shape index (κ1) is 13.5. The number of carbonyl (C=O) groups excluding carboxylic acids is 1. The molecule has 0 saturated carbocycles. The Morgan fingerprint density at radius 1 is 1.05 bits per heavy atom. The highest BCUT2D eigenvalue weighted by Crippen LogP contribution is 2.30. The van der Waals surface area contributed by atoms with Crippen molar-refractivity contribution in [2.45, 2.75) is 6.42 Å². The molecule has 0 atom stereocenters. The van der Waals surface area contributed by atoms with Gasteiger partial charge >= 0.3 is 10.2 Å². The van der Waals surface area contributed by atoms with Crippen molar-refractivity contribution in [2.24, 2.45) is 0 Å². The number of fused-ring (bicyclic) bond motifs is 1. The van der Waals surface area contributed by atoms with Gasteiger partial charge in [0.15, 0.2) is 5.78 Å². The number of ether oxygens (including phenoxy) is 1. The number of hydrogen-bond acceptors (Lipinski definition) is 4. The van der Waals surface area contributed by atoms with Gasteiger partial charge < -0.3 is 4.74 Å². The van der Waals surface area contributed by atoms with Gasteiger partial charge in [0.25, 0.3) is 0 Å². The van der Waals surface area contributed by atoms with Crippen molar-refractivity contribution in [3.63, 3.8) is 0 Å². The third-order valence-electron chi connectivity index (χ3n) is 3.59. The fourth-order valence-electron chi connectivity index (χ4n) is 2.54. The van der Waals surface area contributed by atoms with E-state index in [1.165, 1.54) is 8.61 Å². The Hall–Kier alpha value is -1.44. The summed E-state index contributed by atoms with van der Waals surface area (Å²) in [5.41, 5.74) is 0.964. The van der Waals surface area contributed by atoms with E-state index in [0.29, 0.717) is 37.6 Å². The molecule has 108 valence electrons. The lowest BCUT2D eigenvalue weighted by Crippen LogP contribution is -2.50. The minimum absolute atomic E-state index is 0.00553. The lowest BCUT2D eigenvalue weighted by molar-refractivity contribution is 0.0728. The Morgan fingerprint density at radius 3 is 2.50 bits per heavy atom. The molecule has 0 spiro atoms. The molecule has 1 aromatic rings. The maximum absolute atomic E-state index is 12.7. The molecule has 2 aliphatic rings. The fraction of sp³-hybridized carbons (Fsp3) is 0.462. The molecule has 0 aromatic heterocycles. The summed E-state index contributed by atoms with van der Waals surface area (Å²) < 4.78 is 33.3. The smallest absolute Gasteiger partial charge is 0.304 e. The van der Waals surface area contributed by atoms with Gasteiger partial charge in [0, 0.05) is 31.6 Å². The summed E-state index contributed by atoms with van der Waals surface area (Å²) >= 11 is 0. The van der Waals surface area contributed by atoms with Gasteiger partial charge in [0.2, 0.25) is 0 Å². The van der Waals surface area contributed by atoms with Gasteiger partial charge in [0.1, 0.15) is 0 Å². The molecule has 20 heavy (non-hydrogen) atoms. The standard InChI is InChI=1S/C13H16N2O4S/c16-13-5-6-15(12-4-2-1-3-11(12)13)20(17,18)14-7-9-19-10-8-14/h1-4H,5-10H2. The highest BCUT2D eigenvalue weighted by atomic mass is 32.2. The molecule has 2 heterocycles. The first-order valence-corrected chi connectivity index (χ1v) is 7.98. The van der Waals surface area contributed by atoms with E-state index < -0.39 is 10.2 Å². The van der Waals surface area contributed by atoms with E-state index >= 15 is 0 Å². The van der Waals surface area contributed by atoms with Crippen molar-refractivity contribution < 1.29 is 17.9 Å². The first-order valence-electron chi connectivity index (χ1n) is 6.58. The Kier molecular flexibility index (Phi) is 3.49. The van der Waals surface area contributed by atoms with E-state index in [2.05, 4.69) is 0 Å². The number of morpholine rings is 1. The topological polar surface area (TPSA) is 66.9 Å². The van der Waals surface area contributed by atoms with Crippen molar-refractivity contribution in [1.29, 1.82) is 0 Å². The molecule has 0 N–H and O–H groups in total. The summed E-state index contributed by atoms with van der Waals surface area (Å²) in [5.74, 6) is -0.00553. The molecule has 1 fully saturated rings. The average molecular weight is 296 g/mol. The number of carbonyl (C=O) groups is 1. The number of Topliss-reactive ketones (excluding diaryl/α,β-unsaturated/α-hetero) is 1. The number of nitrogens with zero attached hydrogens (tertiary/aromatic N) is 2. The van der Waals surface area contributed by atoms with Crippen molar-refractivity contribution in [3.8, 4) is 0 Å². The van der Waals surface area contributed by atoms with Crippen LogP contribution in [0.15, 0.2) is 24.3 Å². The molecular weight excluding hydrogens is 280 g/mol. The highest BCUT2D eigenvalue weighted by Gasteiger charge is 2.35. The van der Waals surface area contributed by atoms with Crippen molar-refractivity contribution in [2.75, 3.05) is 37.2 Å². The van der Waals surface area contributed by atoms with Gasteiger partial charge in [-0.15, -0.1) is 0 Å². The van der Waals surface area contributed by atoms with Gasteiger partial charge in [0.05, 0.1) is 18.9 Å². The zero-order chi connectivity index (χ0) is 14.2. The van der Waals surface area contributed by atoms with E-state index in [-0.39, 0.29) is 18.7 Å². The molecule has 0 radical (unpaired) electrons. The third-order valence-corrected chi connectivity index (χ3v) is 5.54. The summed E-state index contributed by atoms with van der Waals surface area (Å²) in [5, 5.41) is 0. The molecule has 0 bridgehead atoms. The summed E-state index contributed by atoms with van der Waals surface area (Å²) in [6, 6.07) is 6.86. The lowest BCUT2D eigenvalue weighted by Gasteiger charge is -2.35. The summed E-state index contributed by atoms with van der Waals surface area (Å²) in [6.45, 7) is 1.74. The predicted octanol–water partition coefficient (Wildman–Crippen LogP) is 0.656. The lowest BCUT2D eigenvalue weighted by atomic mass is 10.0. The Labute approximate surface area is 118 Å². The molecular formula is C13H16N2O4S. The SMILES string of the molecule is O=C1CCN(S(=O)(=O)N2CCOCC2)c2ccccc21. The second-order valence-electron chi connectivity index (χ2n) is 4.78. The number of rotatable bonds is 2. The molecule has 3 rings (SSSR count). The van der Waals surface area contributed by atoms with Gasteiger partial charge in [-0.3, -0.25) is 9.10 Å². The molecule has 0 amide bonds. The molecule has 2 aliphatic heterocycles. The van der Waals surface area contributed by atoms with Crippen LogP contribution in [0.25, 0.3) is 0 Å². The number of para-hydroxylation sites is 1. The monoisotopic (exact) mass is 296 g/mol. The van der Waals surface area contributed by atoms with Crippen molar-refractivity contribution in [3.05, 3.63) is 29.8 Å². The Bertz CT molecular complexity index is 623. The van der Waals surface area contributed by atoms with Crippen LogP contribution in [0.5, 0.6) is 0 Å². The van der Waals surface area contributed by atoms with E-state index in [4.69, 9.17) is 4.74 Å². The zero-order valence-electron chi connectivity index (χ0n) is 11.0. The van der Waals surface area contributed by atoms with E-state index in [1.807, 2.05) is 0 Å². The third kappa shape index (κ3) is 2.21. The first-order chi connectivity index (χ1) is 9.60. The number of benzene rings is 1. The van der Waals surface area contributed by atoms with Crippen LogP contribution in [0.3, 0.4) is 0 Å². The maximum atomic E-state index is 12.7. The van der Waals surface area contributed by atoms with Crippen LogP contribution >= 0.6 is 0 Å². The van der Waals surface area contributed by atoms with Gasteiger partial charge in [-0.25, -0.2) is 0 Å². The average Bonchev–Trinajstić information content (AvgIpc) is 2.48. The second kappa shape index (κ2) is 5.16. The largest absolute Gasteiger partial charge is 0.379 e. The van der Waals surface area contributed by atoms with Crippen LogP contribution in [0.4, 0.5) is 5.69 Å². The van der Waals surface area contributed by atoms with Crippen LogP contribution in [0, 0.1) is 0 Å². The molecule has 0 unspecified atom stereocenters. The van der Waals surface area contributed by atoms with E-state index in [1.54, 1.807) is 24.3 Å². The minimum Gasteiger partial charge on any atom is -0.379 e. The zero-order valence-corrected chi connectivity index (χ0v) is 11.8. The van der Waals surface area contributed by atoms with Gasteiger partial charge in [-0.2, -0.15) is 12.7 Å². The van der Waals surface area contributed by atoms with Crippen LogP contribution < -0.4 is 4.31 Å². The van der Waals surface area contributed by atoms with Crippen LogP contribution in [0.1, 0.15) is 16.8 Å². The number of anilines is 1. The minimum atomic E-state index is -3.59.